The monoisotopic (exact) mass is 292 g/mol. The van der Waals surface area contributed by atoms with Crippen molar-refractivity contribution in [2.24, 2.45) is 0 Å². The molecule has 3 aromatic rings. The first-order valence-corrected chi connectivity index (χ1v) is 8.05. The predicted molar refractivity (Wildman–Crippen MR) is 89.7 cm³/mol. The van der Waals surface area contributed by atoms with Gasteiger partial charge in [0.25, 0.3) is 0 Å². The van der Waals surface area contributed by atoms with E-state index >= 15 is 0 Å². The second kappa shape index (κ2) is 5.44. The summed E-state index contributed by atoms with van der Waals surface area (Å²) < 4.78 is 0. The second-order valence-corrected chi connectivity index (χ2v) is 5.88. The van der Waals surface area contributed by atoms with Gasteiger partial charge in [-0.2, -0.15) is 4.80 Å². The summed E-state index contributed by atoms with van der Waals surface area (Å²) in [6.45, 7) is 4.46. The number of benzene rings is 2. The van der Waals surface area contributed by atoms with Crippen LogP contribution in [0, 0.1) is 0 Å². The van der Waals surface area contributed by atoms with E-state index in [1.54, 1.807) is 4.80 Å². The fourth-order valence-corrected chi connectivity index (χ4v) is 3.06. The van der Waals surface area contributed by atoms with Crippen LogP contribution in [0.1, 0.15) is 25.3 Å². The third-order valence-electron chi connectivity index (χ3n) is 4.41. The molecule has 1 aliphatic heterocycles. The summed E-state index contributed by atoms with van der Waals surface area (Å²) in [4.78, 5) is 4.16. The molecule has 2 aromatic carbocycles. The average Bonchev–Trinajstić information content (AvgIpc) is 3.23. The Bertz CT molecular complexity index is 782. The van der Waals surface area contributed by atoms with E-state index in [1.807, 2.05) is 0 Å². The van der Waals surface area contributed by atoms with Crippen molar-refractivity contribution in [2.75, 3.05) is 18.0 Å². The number of nitrogens with zero attached hydrogens (tertiary/aromatic N) is 4. The summed E-state index contributed by atoms with van der Waals surface area (Å²) in [6.07, 6.45) is 3.62. The Kier molecular flexibility index (Phi) is 3.29. The van der Waals surface area contributed by atoms with Crippen LogP contribution >= 0.6 is 0 Å². The Balaban J connectivity index is 1.70. The SMILES string of the molecule is CCc1ccc(-n2nc3ccc(N4CCCC4)cc3n2)cc1. The molecule has 1 aliphatic rings. The Morgan fingerprint density at radius 3 is 2.27 bits per heavy atom. The van der Waals surface area contributed by atoms with Crippen LogP contribution in [0.3, 0.4) is 0 Å². The molecule has 0 aliphatic carbocycles. The van der Waals surface area contributed by atoms with Gasteiger partial charge in [-0.1, -0.05) is 19.1 Å². The number of hydrogen-bond donors (Lipinski definition) is 0. The average molecular weight is 292 g/mol. The number of anilines is 1. The van der Waals surface area contributed by atoms with Gasteiger partial charge in [0.2, 0.25) is 0 Å². The molecule has 1 saturated heterocycles. The van der Waals surface area contributed by atoms with Crippen LogP contribution < -0.4 is 4.90 Å². The fourth-order valence-electron chi connectivity index (χ4n) is 3.06. The lowest BCUT2D eigenvalue weighted by Crippen LogP contribution is -2.17. The molecule has 4 rings (SSSR count). The first kappa shape index (κ1) is 13.3. The third-order valence-corrected chi connectivity index (χ3v) is 4.41. The lowest BCUT2D eigenvalue weighted by atomic mass is 10.2. The molecule has 0 spiro atoms. The smallest absolute Gasteiger partial charge is 0.115 e. The van der Waals surface area contributed by atoms with Gasteiger partial charge >= 0.3 is 0 Å². The van der Waals surface area contributed by atoms with E-state index < -0.39 is 0 Å². The molecular weight excluding hydrogens is 272 g/mol. The zero-order valence-corrected chi connectivity index (χ0v) is 12.9. The molecule has 0 atom stereocenters. The van der Waals surface area contributed by atoms with Crippen LogP contribution in [-0.4, -0.2) is 28.1 Å². The predicted octanol–water partition coefficient (Wildman–Crippen LogP) is 3.58. The molecule has 2 heterocycles. The van der Waals surface area contributed by atoms with E-state index in [1.165, 1.54) is 24.1 Å². The summed E-state index contributed by atoms with van der Waals surface area (Å²) in [5.74, 6) is 0. The maximum atomic E-state index is 4.65. The molecule has 112 valence electrons. The molecule has 4 heteroatoms. The van der Waals surface area contributed by atoms with E-state index in [4.69, 9.17) is 0 Å². The zero-order valence-electron chi connectivity index (χ0n) is 12.9. The zero-order chi connectivity index (χ0) is 14.9. The number of aryl methyl sites for hydroxylation is 1. The summed E-state index contributed by atoms with van der Waals surface area (Å²) in [5, 5.41) is 9.24. The van der Waals surface area contributed by atoms with Gasteiger partial charge in [0, 0.05) is 18.8 Å². The number of hydrogen-bond acceptors (Lipinski definition) is 3. The first-order chi connectivity index (χ1) is 10.8. The number of aromatic nitrogens is 3. The maximum Gasteiger partial charge on any atom is 0.115 e. The van der Waals surface area contributed by atoms with Crippen LogP contribution in [0.15, 0.2) is 42.5 Å². The van der Waals surface area contributed by atoms with E-state index in [0.717, 1.165) is 36.2 Å². The van der Waals surface area contributed by atoms with Crippen molar-refractivity contribution in [2.45, 2.75) is 26.2 Å². The van der Waals surface area contributed by atoms with Crippen molar-refractivity contribution in [3.63, 3.8) is 0 Å². The van der Waals surface area contributed by atoms with E-state index in [2.05, 4.69) is 64.5 Å². The van der Waals surface area contributed by atoms with Crippen molar-refractivity contribution in [3.8, 4) is 5.69 Å². The van der Waals surface area contributed by atoms with Crippen molar-refractivity contribution < 1.29 is 0 Å². The molecule has 0 N–H and O–H groups in total. The van der Waals surface area contributed by atoms with Crippen LogP contribution in [0.5, 0.6) is 0 Å². The highest BCUT2D eigenvalue weighted by atomic mass is 15.5. The molecule has 1 fully saturated rings. The molecule has 0 saturated carbocycles. The van der Waals surface area contributed by atoms with Crippen LogP contribution in [-0.2, 0) is 6.42 Å². The quantitative estimate of drug-likeness (QED) is 0.740. The summed E-state index contributed by atoms with van der Waals surface area (Å²) >= 11 is 0. The Morgan fingerprint density at radius 1 is 0.864 bits per heavy atom. The molecular formula is C18H20N4. The summed E-state index contributed by atoms with van der Waals surface area (Å²) in [7, 11) is 0. The van der Waals surface area contributed by atoms with Crippen molar-refractivity contribution in [1.82, 2.24) is 15.0 Å². The summed E-state index contributed by atoms with van der Waals surface area (Å²) in [6, 6.07) is 14.8. The lowest BCUT2D eigenvalue weighted by Gasteiger charge is -2.16. The minimum atomic E-state index is 0.947. The van der Waals surface area contributed by atoms with Crippen LogP contribution in [0.25, 0.3) is 16.7 Å². The largest absolute Gasteiger partial charge is 0.371 e. The van der Waals surface area contributed by atoms with Gasteiger partial charge in [0.05, 0.1) is 5.69 Å². The maximum absolute atomic E-state index is 4.65. The topological polar surface area (TPSA) is 34.0 Å². The van der Waals surface area contributed by atoms with Gasteiger partial charge in [-0.15, -0.1) is 10.2 Å². The molecule has 0 radical (unpaired) electrons. The van der Waals surface area contributed by atoms with Crippen molar-refractivity contribution in [1.29, 1.82) is 0 Å². The molecule has 0 unspecified atom stereocenters. The molecule has 0 bridgehead atoms. The van der Waals surface area contributed by atoms with Crippen molar-refractivity contribution in [3.05, 3.63) is 48.0 Å². The molecule has 1 aromatic heterocycles. The molecule has 22 heavy (non-hydrogen) atoms. The normalized spacial score (nSPS) is 14.9. The van der Waals surface area contributed by atoms with Crippen LogP contribution in [0.2, 0.25) is 0 Å². The highest BCUT2D eigenvalue weighted by molar-refractivity contribution is 5.78. The fraction of sp³-hybridized carbons (Fsp3) is 0.333. The van der Waals surface area contributed by atoms with Crippen molar-refractivity contribution >= 4 is 16.7 Å². The van der Waals surface area contributed by atoms with Gasteiger partial charge < -0.3 is 4.90 Å². The van der Waals surface area contributed by atoms with Crippen LogP contribution in [0.4, 0.5) is 5.69 Å². The standard InChI is InChI=1S/C18H20N4/c1-2-14-5-7-15(8-6-14)22-19-17-10-9-16(13-18(17)20-22)21-11-3-4-12-21/h5-10,13H,2-4,11-12H2,1H3. The number of fused-ring (bicyclic) bond motifs is 1. The lowest BCUT2D eigenvalue weighted by molar-refractivity contribution is 0.765. The Hall–Kier alpha value is -2.36. The second-order valence-electron chi connectivity index (χ2n) is 5.88. The van der Waals surface area contributed by atoms with E-state index in [-0.39, 0.29) is 0 Å². The minimum Gasteiger partial charge on any atom is -0.371 e. The molecule has 0 amide bonds. The van der Waals surface area contributed by atoms with Gasteiger partial charge in [-0.05, 0) is 55.2 Å². The minimum absolute atomic E-state index is 0.947. The highest BCUT2D eigenvalue weighted by Gasteiger charge is 2.14. The summed E-state index contributed by atoms with van der Waals surface area (Å²) in [5.41, 5.74) is 5.51. The van der Waals surface area contributed by atoms with Gasteiger partial charge in [0.15, 0.2) is 0 Å². The van der Waals surface area contributed by atoms with Gasteiger partial charge in [-0.25, -0.2) is 0 Å². The molecule has 4 nitrogen and oxygen atoms in total. The van der Waals surface area contributed by atoms with E-state index in [0.29, 0.717) is 0 Å². The van der Waals surface area contributed by atoms with Gasteiger partial charge in [-0.3, -0.25) is 0 Å². The Labute approximate surface area is 130 Å². The van der Waals surface area contributed by atoms with E-state index in [9.17, 15) is 0 Å². The first-order valence-electron chi connectivity index (χ1n) is 8.05. The highest BCUT2D eigenvalue weighted by Crippen LogP contribution is 2.24. The third kappa shape index (κ3) is 2.34. The Morgan fingerprint density at radius 2 is 1.55 bits per heavy atom. The number of rotatable bonds is 3. The van der Waals surface area contributed by atoms with Gasteiger partial charge in [0.1, 0.15) is 11.0 Å².